The third-order valence-electron chi connectivity index (χ3n) is 6.59. The lowest BCUT2D eigenvalue weighted by atomic mass is 9.73. The summed E-state index contributed by atoms with van der Waals surface area (Å²) in [5.74, 6) is 0.223. The van der Waals surface area contributed by atoms with Gasteiger partial charge >= 0.3 is 0 Å². The molecule has 2 aromatic rings. The number of benzene rings is 2. The van der Waals surface area contributed by atoms with E-state index >= 15 is 0 Å². The molecule has 10 heteroatoms. The molecular formula is C24H25F2N3O4S. The van der Waals surface area contributed by atoms with Crippen molar-refractivity contribution in [3.05, 3.63) is 53.1 Å². The molecule has 2 aliphatic heterocycles. The topological polar surface area (TPSA) is 99.5 Å². The molecule has 2 aliphatic rings. The van der Waals surface area contributed by atoms with Gasteiger partial charge in [0.1, 0.15) is 19.0 Å². The third-order valence-corrected chi connectivity index (χ3v) is 7.76. The first-order valence-electron chi connectivity index (χ1n) is 10.9. The number of halogens is 2. The number of hydrogen-bond acceptors (Lipinski definition) is 6. The molecule has 0 bridgehead atoms. The van der Waals surface area contributed by atoms with Gasteiger partial charge in [0.2, 0.25) is 5.91 Å². The second-order valence-corrected chi connectivity index (χ2v) is 10.7. The van der Waals surface area contributed by atoms with Crippen LogP contribution in [0.4, 0.5) is 14.5 Å². The standard InChI is InChI=1S/C24H25F2N3O4S/c1-34(31,32)22-5-3-17(13-18(22)20(26)14-25)33-11-10-29-8-6-24(7-9-29)19-12-16(15-27)2-4-21(19)28-23(24)30/h2-5,12-13,20H,6-11,14H2,1H3,(H,28,30)/t20-/m0/s1. The largest absolute Gasteiger partial charge is 0.492 e. The first-order chi connectivity index (χ1) is 16.2. The number of ether oxygens (including phenoxy) is 1. The Bertz CT molecular complexity index is 1250. The molecule has 2 heterocycles. The van der Waals surface area contributed by atoms with Crippen LogP contribution in [0.1, 0.15) is 35.7 Å². The number of hydrogen-bond donors (Lipinski definition) is 1. The second-order valence-electron chi connectivity index (χ2n) is 8.69. The average Bonchev–Trinajstić information content (AvgIpc) is 3.09. The Labute approximate surface area is 197 Å². The van der Waals surface area contributed by atoms with Gasteiger partial charge in [-0.15, -0.1) is 0 Å². The van der Waals surface area contributed by atoms with Gasteiger partial charge in [0.25, 0.3) is 0 Å². The first kappa shape index (κ1) is 24.1. The van der Waals surface area contributed by atoms with Crippen LogP contribution in [0.5, 0.6) is 5.75 Å². The monoisotopic (exact) mass is 489 g/mol. The summed E-state index contributed by atoms with van der Waals surface area (Å²) >= 11 is 0. The number of anilines is 1. The molecule has 0 aromatic heterocycles. The minimum absolute atomic E-state index is 0.0411. The van der Waals surface area contributed by atoms with Crippen LogP contribution in [-0.4, -0.2) is 58.4 Å². The predicted octanol–water partition coefficient (Wildman–Crippen LogP) is 3.31. The quantitative estimate of drug-likeness (QED) is 0.641. The fourth-order valence-electron chi connectivity index (χ4n) is 4.71. The van der Waals surface area contributed by atoms with E-state index in [0.717, 1.165) is 17.5 Å². The number of nitrogens with zero attached hydrogens (tertiary/aromatic N) is 2. The Balaban J connectivity index is 1.38. The van der Waals surface area contributed by atoms with Gasteiger partial charge in [0, 0.05) is 24.1 Å². The van der Waals surface area contributed by atoms with E-state index in [4.69, 9.17) is 4.74 Å². The van der Waals surface area contributed by atoms with Crippen LogP contribution in [0.25, 0.3) is 0 Å². The highest BCUT2D eigenvalue weighted by atomic mass is 32.2. The van der Waals surface area contributed by atoms with E-state index in [0.29, 0.717) is 38.0 Å². The van der Waals surface area contributed by atoms with Crippen molar-refractivity contribution in [1.82, 2.24) is 4.90 Å². The highest BCUT2D eigenvalue weighted by Gasteiger charge is 2.48. The zero-order chi connectivity index (χ0) is 24.5. The molecule has 34 heavy (non-hydrogen) atoms. The Morgan fingerprint density at radius 3 is 2.62 bits per heavy atom. The van der Waals surface area contributed by atoms with Crippen molar-refractivity contribution in [2.45, 2.75) is 29.3 Å². The molecule has 0 radical (unpaired) electrons. The molecule has 7 nitrogen and oxygen atoms in total. The molecule has 0 saturated carbocycles. The zero-order valence-electron chi connectivity index (χ0n) is 18.7. The van der Waals surface area contributed by atoms with E-state index in [1.54, 1.807) is 18.2 Å². The number of alkyl halides is 2. The number of carbonyl (C=O) groups excluding carboxylic acids is 1. The van der Waals surface area contributed by atoms with Gasteiger partial charge in [0.15, 0.2) is 16.0 Å². The summed E-state index contributed by atoms with van der Waals surface area (Å²) < 4.78 is 56.3. The van der Waals surface area contributed by atoms with Crippen molar-refractivity contribution in [2.75, 3.05) is 44.5 Å². The molecule has 1 saturated heterocycles. The maximum absolute atomic E-state index is 14.0. The number of likely N-dealkylation sites (tertiary alicyclic amines) is 1. The lowest BCUT2D eigenvalue weighted by molar-refractivity contribution is -0.122. The van der Waals surface area contributed by atoms with Gasteiger partial charge in [-0.2, -0.15) is 5.26 Å². The summed E-state index contributed by atoms with van der Waals surface area (Å²) in [6.45, 7) is 0.792. The number of fused-ring (bicyclic) bond motifs is 2. The number of sulfone groups is 1. The maximum atomic E-state index is 14.0. The minimum atomic E-state index is -3.71. The van der Waals surface area contributed by atoms with Crippen LogP contribution in [-0.2, 0) is 20.0 Å². The average molecular weight is 490 g/mol. The summed E-state index contributed by atoms with van der Waals surface area (Å²) in [4.78, 5) is 14.7. The predicted molar refractivity (Wildman–Crippen MR) is 122 cm³/mol. The summed E-state index contributed by atoms with van der Waals surface area (Å²) in [6, 6.07) is 11.3. The molecule has 1 atom stereocenters. The van der Waals surface area contributed by atoms with Crippen LogP contribution in [0.15, 0.2) is 41.3 Å². The summed E-state index contributed by atoms with van der Waals surface area (Å²) in [5.41, 5.74) is 1.27. The zero-order valence-corrected chi connectivity index (χ0v) is 19.5. The van der Waals surface area contributed by atoms with E-state index in [-0.39, 0.29) is 28.7 Å². The van der Waals surface area contributed by atoms with Crippen molar-refractivity contribution >= 4 is 21.4 Å². The number of nitrogens with one attached hydrogen (secondary N) is 1. The molecule has 1 N–H and O–H groups in total. The Hall–Kier alpha value is -3.03. The number of nitriles is 1. The van der Waals surface area contributed by atoms with Crippen LogP contribution >= 0.6 is 0 Å². The molecule has 2 aromatic carbocycles. The van der Waals surface area contributed by atoms with Gasteiger partial charge in [-0.1, -0.05) is 0 Å². The molecule has 0 unspecified atom stereocenters. The summed E-state index contributed by atoms with van der Waals surface area (Å²) in [6.07, 6.45) is 0.112. The van der Waals surface area contributed by atoms with Crippen LogP contribution in [0, 0.1) is 11.3 Å². The molecule has 1 spiro atoms. The van der Waals surface area contributed by atoms with E-state index < -0.39 is 28.1 Å². The number of rotatable bonds is 7. The fourth-order valence-corrected chi connectivity index (χ4v) is 5.64. The normalized spacial score (nSPS) is 18.2. The fraction of sp³-hybridized carbons (Fsp3) is 0.417. The molecule has 180 valence electrons. The van der Waals surface area contributed by atoms with E-state index in [2.05, 4.69) is 16.3 Å². The minimum Gasteiger partial charge on any atom is -0.492 e. The van der Waals surface area contributed by atoms with Gasteiger partial charge in [-0.05, 0) is 67.9 Å². The smallest absolute Gasteiger partial charge is 0.235 e. The van der Waals surface area contributed by atoms with Crippen molar-refractivity contribution in [1.29, 1.82) is 5.26 Å². The lowest BCUT2D eigenvalue weighted by Crippen LogP contribution is -2.47. The Kier molecular flexibility index (Phi) is 6.60. The van der Waals surface area contributed by atoms with Gasteiger partial charge < -0.3 is 10.1 Å². The molecule has 4 rings (SSSR count). The van der Waals surface area contributed by atoms with Crippen molar-refractivity contribution in [3.8, 4) is 11.8 Å². The third kappa shape index (κ3) is 4.50. The number of amides is 1. The lowest BCUT2D eigenvalue weighted by Gasteiger charge is -2.38. The molecule has 0 aliphatic carbocycles. The van der Waals surface area contributed by atoms with Crippen LogP contribution in [0.2, 0.25) is 0 Å². The van der Waals surface area contributed by atoms with Crippen molar-refractivity contribution in [2.24, 2.45) is 0 Å². The van der Waals surface area contributed by atoms with Gasteiger partial charge in [-0.25, -0.2) is 17.2 Å². The van der Waals surface area contributed by atoms with Gasteiger partial charge in [0.05, 0.1) is 21.9 Å². The second kappa shape index (κ2) is 9.31. The van der Waals surface area contributed by atoms with Crippen LogP contribution in [0.3, 0.4) is 0 Å². The highest BCUT2D eigenvalue weighted by Crippen LogP contribution is 2.45. The number of piperidine rings is 1. The highest BCUT2D eigenvalue weighted by molar-refractivity contribution is 7.90. The SMILES string of the molecule is CS(=O)(=O)c1ccc(OCCN2CCC3(CC2)C(=O)Nc2ccc(C#N)cc23)cc1[C@@H](F)CF. The summed E-state index contributed by atoms with van der Waals surface area (Å²) in [5, 5.41) is 12.2. The number of carbonyl (C=O) groups is 1. The van der Waals surface area contributed by atoms with E-state index in [9.17, 15) is 27.3 Å². The van der Waals surface area contributed by atoms with Crippen molar-refractivity contribution < 1.29 is 26.7 Å². The summed E-state index contributed by atoms with van der Waals surface area (Å²) in [7, 11) is -3.71. The Morgan fingerprint density at radius 1 is 1.24 bits per heavy atom. The Morgan fingerprint density at radius 2 is 1.97 bits per heavy atom. The molecule has 1 fully saturated rings. The van der Waals surface area contributed by atoms with E-state index in [1.807, 2.05) is 0 Å². The van der Waals surface area contributed by atoms with Gasteiger partial charge in [-0.3, -0.25) is 9.69 Å². The van der Waals surface area contributed by atoms with E-state index in [1.165, 1.54) is 18.2 Å². The van der Waals surface area contributed by atoms with Crippen LogP contribution < -0.4 is 10.1 Å². The molecular weight excluding hydrogens is 464 g/mol. The molecule has 1 amide bonds. The maximum Gasteiger partial charge on any atom is 0.235 e. The van der Waals surface area contributed by atoms with Crippen molar-refractivity contribution in [3.63, 3.8) is 0 Å². The first-order valence-corrected chi connectivity index (χ1v) is 12.8.